The molecule has 0 aromatic carbocycles. The van der Waals surface area contributed by atoms with Crippen molar-refractivity contribution >= 4 is 11.9 Å². The van der Waals surface area contributed by atoms with Gasteiger partial charge in [-0.1, -0.05) is 6.58 Å². The number of allylic oxidation sites excluding steroid dienone is 1. The van der Waals surface area contributed by atoms with E-state index < -0.39 is 11.9 Å². The predicted octanol–water partition coefficient (Wildman–Crippen LogP) is 0.928. The van der Waals surface area contributed by atoms with Gasteiger partial charge in [0.15, 0.2) is 0 Å². The summed E-state index contributed by atoms with van der Waals surface area (Å²) in [4.78, 5) is 20.6. The van der Waals surface area contributed by atoms with Crippen LogP contribution < -0.4 is 0 Å². The van der Waals surface area contributed by atoms with Crippen LogP contribution in [0.25, 0.3) is 0 Å². The number of aliphatic carboxylic acids is 1. The van der Waals surface area contributed by atoms with Crippen molar-refractivity contribution in [3.63, 3.8) is 0 Å². The topological polar surface area (TPSA) is 63.6 Å². The van der Waals surface area contributed by atoms with Gasteiger partial charge in [-0.25, -0.2) is 0 Å². The highest BCUT2D eigenvalue weighted by atomic mass is 16.5. The van der Waals surface area contributed by atoms with E-state index in [2.05, 4.69) is 11.3 Å². The molecular weight excluding hydrogens is 148 g/mol. The van der Waals surface area contributed by atoms with Crippen LogP contribution in [0.5, 0.6) is 0 Å². The molecule has 0 bridgehead atoms. The molecule has 0 aliphatic carbocycles. The SMILES string of the molecule is C=C(C)OC(=O)CCC(=O)O. The summed E-state index contributed by atoms with van der Waals surface area (Å²) in [6.07, 6.45) is -0.311. The molecule has 0 atom stereocenters. The van der Waals surface area contributed by atoms with Gasteiger partial charge >= 0.3 is 11.9 Å². The van der Waals surface area contributed by atoms with Crippen molar-refractivity contribution in [2.45, 2.75) is 19.8 Å². The van der Waals surface area contributed by atoms with E-state index >= 15 is 0 Å². The van der Waals surface area contributed by atoms with Gasteiger partial charge in [0.05, 0.1) is 18.6 Å². The molecule has 0 radical (unpaired) electrons. The molecule has 0 aliphatic rings. The van der Waals surface area contributed by atoms with Gasteiger partial charge in [-0.3, -0.25) is 9.59 Å². The molecular formula is C7H10O4. The van der Waals surface area contributed by atoms with Crippen molar-refractivity contribution in [3.8, 4) is 0 Å². The molecule has 0 amide bonds. The average molecular weight is 158 g/mol. The zero-order chi connectivity index (χ0) is 8.85. The minimum absolute atomic E-state index is 0.109. The van der Waals surface area contributed by atoms with E-state index in [9.17, 15) is 9.59 Å². The van der Waals surface area contributed by atoms with Crippen molar-refractivity contribution in [1.82, 2.24) is 0 Å². The van der Waals surface area contributed by atoms with Crippen molar-refractivity contribution in [2.75, 3.05) is 0 Å². The Hall–Kier alpha value is -1.32. The first-order valence-corrected chi connectivity index (χ1v) is 3.10. The number of carbonyl (C=O) groups is 2. The second-order valence-corrected chi connectivity index (χ2v) is 2.07. The van der Waals surface area contributed by atoms with Crippen LogP contribution in [0.3, 0.4) is 0 Å². The predicted molar refractivity (Wildman–Crippen MR) is 37.8 cm³/mol. The van der Waals surface area contributed by atoms with Gasteiger partial charge in [0.25, 0.3) is 0 Å². The summed E-state index contributed by atoms with van der Waals surface area (Å²) in [6.45, 7) is 4.86. The normalized spacial score (nSPS) is 8.82. The molecule has 4 heteroatoms. The van der Waals surface area contributed by atoms with E-state index in [4.69, 9.17) is 5.11 Å². The first-order valence-electron chi connectivity index (χ1n) is 3.10. The Labute approximate surface area is 64.5 Å². The molecule has 1 N–H and O–H groups in total. The van der Waals surface area contributed by atoms with Crippen molar-refractivity contribution in [3.05, 3.63) is 12.3 Å². The molecule has 4 nitrogen and oxygen atoms in total. The molecule has 0 fully saturated rings. The molecule has 11 heavy (non-hydrogen) atoms. The number of carbonyl (C=O) groups excluding carboxylic acids is 1. The van der Waals surface area contributed by atoms with Gasteiger partial charge < -0.3 is 9.84 Å². The highest BCUT2D eigenvalue weighted by Gasteiger charge is 2.05. The van der Waals surface area contributed by atoms with Crippen LogP contribution in [0.15, 0.2) is 12.3 Å². The fourth-order valence-electron chi connectivity index (χ4n) is 0.454. The standard InChI is InChI=1S/C7H10O4/c1-5(2)11-7(10)4-3-6(8)9/h1,3-4H2,2H3,(H,8,9). The molecule has 0 saturated heterocycles. The Morgan fingerprint density at radius 2 is 2.00 bits per heavy atom. The summed E-state index contributed by atoms with van der Waals surface area (Å²) in [5.74, 6) is -1.29. The van der Waals surface area contributed by atoms with Crippen LogP contribution >= 0.6 is 0 Å². The number of hydrogen-bond acceptors (Lipinski definition) is 3. The smallest absolute Gasteiger partial charge is 0.311 e. The maximum atomic E-state index is 10.6. The monoisotopic (exact) mass is 158 g/mol. The van der Waals surface area contributed by atoms with E-state index in [0.717, 1.165) is 0 Å². The first kappa shape index (κ1) is 9.68. The van der Waals surface area contributed by atoms with E-state index in [-0.39, 0.29) is 18.6 Å². The average Bonchev–Trinajstić information content (AvgIpc) is 1.82. The molecule has 0 aromatic rings. The lowest BCUT2D eigenvalue weighted by Crippen LogP contribution is -2.05. The van der Waals surface area contributed by atoms with Crippen LogP contribution in [0.1, 0.15) is 19.8 Å². The number of carboxylic acid groups (broad SMARTS) is 1. The minimum atomic E-state index is -1.01. The Morgan fingerprint density at radius 1 is 1.45 bits per heavy atom. The summed E-state index contributed by atoms with van der Waals surface area (Å²) in [6, 6.07) is 0. The first-order chi connectivity index (χ1) is 5.02. The Bertz CT molecular complexity index is 183. The van der Waals surface area contributed by atoms with Gasteiger partial charge in [0.2, 0.25) is 0 Å². The number of esters is 1. The molecule has 62 valence electrons. The highest BCUT2D eigenvalue weighted by Crippen LogP contribution is 1.97. The van der Waals surface area contributed by atoms with Crippen LogP contribution in [0, 0.1) is 0 Å². The fraction of sp³-hybridized carbons (Fsp3) is 0.429. The third-order valence-corrected chi connectivity index (χ3v) is 0.831. The molecule has 0 heterocycles. The Balaban J connectivity index is 3.53. The molecule has 0 saturated carbocycles. The van der Waals surface area contributed by atoms with Gasteiger partial charge in [0.1, 0.15) is 0 Å². The minimum Gasteiger partial charge on any atom is -0.481 e. The molecule has 0 aromatic heterocycles. The van der Waals surface area contributed by atoms with Crippen LogP contribution in [-0.2, 0) is 14.3 Å². The summed E-state index contributed by atoms with van der Waals surface area (Å²) in [5.41, 5.74) is 0. The lowest BCUT2D eigenvalue weighted by atomic mass is 10.3. The number of hydrogen-bond donors (Lipinski definition) is 1. The van der Waals surface area contributed by atoms with Crippen LogP contribution in [0.4, 0.5) is 0 Å². The summed E-state index contributed by atoms with van der Waals surface area (Å²) >= 11 is 0. The van der Waals surface area contributed by atoms with Crippen molar-refractivity contribution < 1.29 is 19.4 Å². The summed E-state index contributed by atoms with van der Waals surface area (Å²) in [5, 5.41) is 8.17. The van der Waals surface area contributed by atoms with Gasteiger partial charge in [-0.2, -0.15) is 0 Å². The van der Waals surface area contributed by atoms with Crippen molar-refractivity contribution in [1.29, 1.82) is 0 Å². The van der Waals surface area contributed by atoms with Gasteiger partial charge in [-0.15, -0.1) is 0 Å². The Kier molecular flexibility index (Phi) is 3.95. The quantitative estimate of drug-likeness (QED) is 0.488. The van der Waals surface area contributed by atoms with E-state index in [0.29, 0.717) is 0 Å². The molecule has 0 unspecified atom stereocenters. The van der Waals surface area contributed by atoms with E-state index in [1.807, 2.05) is 0 Å². The fourth-order valence-corrected chi connectivity index (χ4v) is 0.454. The number of rotatable bonds is 4. The summed E-state index contributed by atoms with van der Waals surface area (Å²) < 4.78 is 4.50. The number of ether oxygens (including phenoxy) is 1. The second kappa shape index (κ2) is 4.49. The van der Waals surface area contributed by atoms with Crippen LogP contribution in [-0.4, -0.2) is 17.0 Å². The Morgan fingerprint density at radius 3 is 2.36 bits per heavy atom. The largest absolute Gasteiger partial charge is 0.481 e. The second-order valence-electron chi connectivity index (χ2n) is 2.07. The molecule has 0 spiro atoms. The van der Waals surface area contributed by atoms with Gasteiger partial charge in [0, 0.05) is 0 Å². The number of carboxylic acids is 1. The lowest BCUT2D eigenvalue weighted by Gasteiger charge is -1.99. The van der Waals surface area contributed by atoms with Gasteiger partial charge in [-0.05, 0) is 6.92 Å². The zero-order valence-electron chi connectivity index (χ0n) is 6.29. The van der Waals surface area contributed by atoms with E-state index in [1.165, 1.54) is 6.92 Å². The highest BCUT2D eigenvalue weighted by molar-refractivity contribution is 5.77. The van der Waals surface area contributed by atoms with E-state index in [1.54, 1.807) is 0 Å². The zero-order valence-corrected chi connectivity index (χ0v) is 6.29. The third-order valence-electron chi connectivity index (χ3n) is 0.831. The molecule has 0 aliphatic heterocycles. The maximum Gasteiger partial charge on any atom is 0.311 e. The van der Waals surface area contributed by atoms with Crippen molar-refractivity contribution in [2.24, 2.45) is 0 Å². The lowest BCUT2D eigenvalue weighted by molar-refractivity contribution is -0.144. The van der Waals surface area contributed by atoms with Crippen LogP contribution in [0.2, 0.25) is 0 Å². The molecule has 0 rings (SSSR count). The maximum absolute atomic E-state index is 10.6. The summed E-state index contributed by atoms with van der Waals surface area (Å²) in [7, 11) is 0. The third kappa shape index (κ3) is 6.57.